The highest BCUT2D eigenvalue weighted by Crippen LogP contribution is 2.26. The molecule has 0 spiro atoms. The van der Waals surface area contributed by atoms with Crippen LogP contribution in [0.15, 0.2) is 5.38 Å². The molecular weight excluding hydrogens is 248 g/mol. The lowest BCUT2D eigenvalue weighted by molar-refractivity contribution is 0.0159. The second-order valence-electron chi connectivity index (χ2n) is 3.73. The van der Waals surface area contributed by atoms with Crippen LogP contribution in [0.2, 0.25) is 5.15 Å². The van der Waals surface area contributed by atoms with E-state index in [1.165, 1.54) is 0 Å². The molecule has 6 heteroatoms. The molecule has 1 aliphatic heterocycles. The van der Waals surface area contributed by atoms with E-state index < -0.39 is 0 Å². The molecule has 0 bridgehead atoms. The van der Waals surface area contributed by atoms with Gasteiger partial charge in [-0.2, -0.15) is 0 Å². The van der Waals surface area contributed by atoms with Crippen LogP contribution in [0.25, 0.3) is 0 Å². The first kappa shape index (κ1) is 12.1. The van der Waals surface area contributed by atoms with Gasteiger partial charge in [-0.3, -0.25) is 0 Å². The molecule has 1 aromatic rings. The number of hydrogen-bond acceptors (Lipinski definition) is 5. The van der Waals surface area contributed by atoms with Gasteiger partial charge < -0.3 is 14.7 Å². The number of aliphatic hydroxyl groups excluding tert-OH is 1. The van der Waals surface area contributed by atoms with Crippen molar-refractivity contribution in [3.63, 3.8) is 0 Å². The van der Waals surface area contributed by atoms with E-state index in [1.54, 1.807) is 11.3 Å². The molecule has 1 saturated heterocycles. The summed E-state index contributed by atoms with van der Waals surface area (Å²) in [5, 5.41) is 12.1. The normalized spacial score (nSPS) is 18.0. The van der Waals surface area contributed by atoms with Crippen LogP contribution in [0, 0.1) is 0 Å². The summed E-state index contributed by atoms with van der Waals surface area (Å²) in [4.78, 5) is 6.48. The number of thiazole rings is 1. The van der Waals surface area contributed by atoms with E-state index in [1.807, 2.05) is 5.38 Å². The highest BCUT2D eigenvalue weighted by molar-refractivity contribution is 7.14. The van der Waals surface area contributed by atoms with Crippen LogP contribution in [0.4, 0.5) is 5.13 Å². The number of halogens is 1. The minimum absolute atomic E-state index is 0.0995. The van der Waals surface area contributed by atoms with Crippen LogP contribution >= 0.6 is 22.9 Å². The standard InChI is InChI=1S/C10H15ClN2O2S/c11-9-7-16-10(12-9)13-3-1-8(2-4-13)15-6-5-14/h7-8,14H,1-6H2. The Morgan fingerprint density at radius 2 is 2.31 bits per heavy atom. The van der Waals surface area contributed by atoms with Crippen LogP contribution in [0.1, 0.15) is 12.8 Å². The minimum Gasteiger partial charge on any atom is -0.394 e. The number of ether oxygens (including phenoxy) is 1. The Morgan fingerprint density at radius 3 is 2.88 bits per heavy atom. The molecule has 0 atom stereocenters. The molecule has 1 fully saturated rings. The van der Waals surface area contributed by atoms with Crippen molar-refractivity contribution in [1.29, 1.82) is 0 Å². The molecular formula is C10H15ClN2O2S. The smallest absolute Gasteiger partial charge is 0.186 e. The molecule has 0 aromatic carbocycles. The van der Waals surface area contributed by atoms with Gasteiger partial charge in [0.2, 0.25) is 0 Å². The molecule has 16 heavy (non-hydrogen) atoms. The number of aliphatic hydroxyl groups is 1. The highest BCUT2D eigenvalue weighted by atomic mass is 35.5. The summed E-state index contributed by atoms with van der Waals surface area (Å²) >= 11 is 7.37. The summed E-state index contributed by atoms with van der Waals surface area (Å²) in [6.07, 6.45) is 2.24. The van der Waals surface area contributed by atoms with E-state index in [-0.39, 0.29) is 12.7 Å². The number of aromatic nitrogens is 1. The van der Waals surface area contributed by atoms with E-state index in [9.17, 15) is 0 Å². The Morgan fingerprint density at radius 1 is 1.56 bits per heavy atom. The van der Waals surface area contributed by atoms with Crippen molar-refractivity contribution in [3.8, 4) is 0 Å². The van der Waals surface area contributed by atoms with Crippen molar-refractivity contribution in [2.75, 3.05) is 31.2 Å². The summed E-state index contributed by atoms with van der Waals surface area (Å²) < 4.78 is 5.50. The maximum atomic E-state index is 8.67. The van der Waals surface area contributed by atoms with Gasteiger partial charge >= 0.3 is 0 Å². The summed E-state index contributed by atoms with van der Waals surface area (Å²) in [7, 11) is 0. The maximum absolute atomic E-state index is 8.67. The van der Waals surface area contributed by atoms with Crippen molar-refractivity contribution < 1.29 is 9.84 Å². The predicted molar refractivity (Wildman–Crippen MR) is 65.4 cm³/mol. The number of piperidine rings is 1. The Balaban J connectivity index is 1.81. The largest absolute Gasteiger partial charge is 0.394 e. The fourth-order valence-corrected chi connectivity index (χ4v) is 2.83. The van der Waals surface area contributed by atoms with Crippen molar-refractivity contribution in [1.82, 2.24) is 4.98 Å². The third-order valence-electron chi connectivity index (χ3n) is 2.62. The molecule has 1 aliphatic rings. The molecule has 0 radical (unpaired) electrons. The van der Waals surface area contributed by atoms with E-state index >= 15 is 0 Å². The summed E-state index contributed by atoms with van der Waals surface area (Å²) in [5.74, 6) is 0. The van der Waals surface area contributed by atoms with Gasteiger partial charge in [-0.25, -0.2) is 4.98 Å². The predicted octanol–water partition coefficient (Wildman–Crippen LogP) is 1.77. The van der Waals surface area contributed by atoms with Gasteiger partial charge in [-0.15, -0.1) is 11.3 Å². The van der Waals surface area contributed by atoms with Gasteiger partial charge in [-0.05, 0) is 12.8 Å². The van der Waals surface area contributed by atoms with E-state index in [0.717, 1.165) is 31.1 Å². The molecule has 0 aliphatic carbocycles. The van der Waals surface area contributed by atoms with Crippen molar-refractivity contribution >= 4 is 28.1 Å². The summed E-state index contributed by atoms with van der Waals surface area (Å²) in [5.41, 5.74) is 0. The fraction of sp³-hybridized carbons (Fsp3) is 0.700. The monoisotopic (exact) mass is 262 g/mol. The first-order valence-electron chi connectivity index (χ1n) is 5.38. The zero-order valence-corrected chi connectivity index (χ0v) is 10.5. The average molecular weight is 263 g/mol. The second kappa shape index (κ2) is 5.82. The lowest BCUT2D eigenvalue weighted by Gasteiger charge is -2.31. The molecule has 0 saturated carbocycles. The molecule has 0 unspecified atom stereocenters. The lowest BCUT2D eigenvalue weighted by Crippen LogP contribution is -2.37. The van der Waals surface area contributed by atoms with E-state index in [2.05, 4.69) is 9.88 Å². The third kappa shape index (κ3) is 3.07. The number of nitrogens with zero attached hydrogens (tertiary/aromatic N) is 2. The van der Waals surface area contributed by atoms with Crippen LogP contribution in [-0.4, -0.2) is 42.5 Å². The molecule has 4 nitrogen and oxygen atoms in total. The van der Waals surface area contributed by atoms with Gasteiger partial charge in [0.05, 0.1) is 19.3 Å². The van der Waals surface area contributed by atoms with E-state index in [4.69, 9.17) is 21.4 Å². The van der Waals surface area contributed by atoms with Gasteiger partial charge in [0.25, 0.3) is 0 Å². The van der Waals surface area contributed by atoms with Crippen molar-refractivity contribution in [2.24, 2.45) is 0 Å². The molecule has 2 heterocycles. The van der Waals surface area contributed by atoms with Crippen molar-refractivity contribution in [2.45, 2.75) is 18.9 Å². The summed E-state index contributed by atoms with van der Waals surface area (Å²) in [6, 6.07) is 0. The topological polar surface area (TPSA) is 45.6 Å². The Bertz CT molecular complexity index is 326. The van der Waals surface area contributed by atoms with E-state index in [0.29, 0.717) is 11.8 Å². The zero-order valence-electron chi connectivity index (χ0n) is 8.93. The van der Waals surface area contributed by atoms with Crippen LogP contribution < -0.4 is 4.90 Å². The van der Waals surface area contributed by atoms with Gasteiger partial charge in [0, 0.05) is 18.5 Å². The Hall–Kier alpha value is -0.360. The molecule has 1 N–H and O–H groups in total. The number of rotatable bonds is 4. The fourth-order valence-electron chi connectivity index (χ4n) is 1.82. The number of hydrogen-bond donors (Lipinski definition) is 1. The van der Waals surface area contributed by atoms with Crippen LogP contribution in [-0.2, 0) is 4.74 Å². The molecule has 0 amide bonds. The van der Waals surface area contributed by atoms with Crippen molar-refractivity contribution in [3.05, 3.63) is 10.5 Å². The maximum Gasteiger partial charge on any atom is 0.186 e. The average Bonchev–Trinajstić information content (AvgIpc) is 2.74. The minimum atomic E-state index is 0.0995. The van der Waals surface area contributed by atoms with Crippen LogP contribution in [0.3, 0.4) is 0 Å². The molecule has 90 valence electrons. The van der Waals surface area contributed by atoms with Gasteiger partial charge in [0.15, 0.2) is 5.13 Å². The van der Waals surface area contributed by atoms with Gasteiger partial charge in [-0.1, -0.05) is 11.6 Å². The summed E-state index contributed by atoms with van der Waals surface area (Å²) in [6.45, 7) is 2.43. The quantitative estimate of drug-likeness (QED) is 0.898. The Kier molecular flexibility index (Phi) is 4.40. The van der Waals surface area contributed by atoms with Crippen LogP contribution in [0.5, 0.6) is 0 Å². The Labute approximate surface area is 104 Å². The first-order valence-corrected chi connectivity index (χ1v) is 6.64. The second-order valence-corrected chi connectivity index (χ2v) is 4.96. The molecule has 1 aromatic heterocycles. The zero-order chi connectivity index (χ0) is 11.4. The SMILES string of the molecule is OCCOC1CCN(c2nc(Cl)cs2)CC1. The number of anilines is 1. The van der Waals surface area contributed by atoms with Gasteiger partial charge in [0.1, 0.15) is 5.15 Å². The molecule has 2 rings (SSSR count). The lowest BCUT2D eigenvalue weighted by atomic mass is 10.1. The highest BCUT2D eigenvalue weighted by Gasteiger charge is 2.21. The third-order valence-corrected chi connectivity index (χ3v) is 3.85. The first-order chi connectivity index (χ1) is 7.79.